The Morgan fingerprint density at radius 1 is 0.887 bits per heavy atom. The number of nitrogens with one attached hydrogen (secondary N) is 4. The summed E-state index contributed by atoms with van der Waals surface area (Å²) in [4.78, 5) is 101. The van der Waals surface area contributed by atoms with Crippen molar-refractivity contribution in [2.24, 2.45) is 5.92 Å². The summed E-state index contributed by atoms with van der Waals surface area (Å²) in [6.45, 7) is 4.57. The second-order valence-corrected chi connectivity index (χ2v) is 15.7. The summed E-state index contributed by atoms with van der Waals surface area (Å²) in [6.07, 6.45) is -6.37. The summed E-state index contributed by atoms with van der Waals surface area (Å²) in [5, 5.41) is 9.86. The van der Waals surface area contributed by atoms with Crippen LogP contribution in [0.1, 0.15) is 45.6 Å². The van der Waals surface area contributed by atoms with E-state index in [1.165, 1.54) is 28.5 Å². The minimum Gasteiger partial charge on any atom is -0.458 e. The second-order valence-electron chi connectivity index (χ2n) is 15.7. The molecule has 17 nitrogen and oxygen atoms in total. The normalized spacial score (nSPS) is 26.7. The number of halogens is 5. The van der Waals surface area contributed by atoms with E-state index >= 15 is 0 Å². The van der Waals surface area contributed by atoms with Crippen LogP contribution in [0.3, 0.4) is 0 Å². The maximum Gasteiger partial charge on any atom is 0.573 e. The summed E-state index contributed by atoms with van der Waals surface area (Å²) in [6, 6.07) is -2.77. The number of fused-ring (bicyclic) bond motifs is 3. The molecular weight excluding hydrogens is 833 g/mol. The Morgan fingerprint density at radius 3 is 2.24 bits per heavy atom. The van der Waals surface area contributed by atoms with Crippen molar-refractivity contribution in [2.75, 3.05) is 38.2 Å². The van der Waals surface area contributed by atoms with Crippen LogP contribution >= 0.6 is 0 Å². The number of carbonyl (C=O) groups excluding carboxylic acids is 7. The highest BCUT2D eigenvalue weighted by Crippen LogP contribution is 2.28. The lowest BCUT2D eigenvalue weighted by Gasteiger charge is -2.39. The summed E-state index contributed by atoms with van der Waals surface area (Å²) >= 11 is 0. The molecule has 4 saturated heterocycles. The van der Waals surface area contributed by atoms with Crippen molar-refractivity contribution in [3.8, 4) is 5.75 Å². The molecule has 8 atom stereocenters. The number of anilines is 1. The summed E-state index contributed by atoms with van der Waals surface area (Å²) < 4.78 is 81.9. The summed E-state index contributed by atoms with van der Waals surface area (Å²) in [5.41, 5.74) is -0.154. The average molecular weight is 880 g/mol. The molecule has 62 heavy (non-hydrogen) atoms. The van der Waals surface area contributed by atoms with Crippen LogP contribution in [-0.4, -0.2) is 138 Å². The first-order valence-electron chi connectivity index (χ1n) is 20.0. The molecule has 0 spiro atoms. The van der Waals surface area contributed by atoms with Crippen LogP contribution < -0.4 is 26.0 Å². The van der Waals surface area contributed by atoms with Crippen molar-refractivity contribution in [3.63, 3.8) is 0 Å². The van der Waals surface area contributed by atoms with E-state index in [0.717, 1.165) is 36.4 Å². The first kappa shape index (κ1) is 45.5. The van der Waals surface area contributed by atoms with E-state index in [9.17, 15) is 55.5 Å². The quantitative estimate of drug-likeness (QED) is 0.235. The minimum atomic E-state index is -4.98. The van der Waals surface area contributed by atoms with E-state index in [2.05, 4.69) is 26.0 Å². The lowest BCUT2D eigenvalue weighted by molar-refractivity contribution is -0.274. The van der Waals surface area contributed by atoms with Crippen molar-refractivity contribution in [2.45, 2.75) is 95.2 Å². The van der Waals surface area contributed by atoms with Crippen LogP contribution in [0.15, 0.2) is 42.5 Å². The number of morpholine rings is 1. The number of ether oxygens (including phenoxy) is 3. The summed E-state index contributed by atoms with van der Waals surface area (Å²) in [5.74, 6) is -7.59. The van der Waals surface area contributed by atoms with Crippen LogP contribution in [0, 0.1) is 17.6 Å². The van der Waals surface area contributed by atoms with Gasteiger partial charge in [-0.25, -0.2) is 18.4 Å². The number of esters is 1. The molecule has 4 heterocycles. The molecule has 0 bridgehead atoms. The zero-order chi connectivity index (χ0) is 45.0. The molecule has 0 saturated carbocycles. The van der Waals surface area contributed by atoms with Crippen LogP contribution in [0.4, 0.5) is 32.4 Å². The highest BCUT2D eigenvalue weighted by atomic mass is 19.4. The van der Waals surface area contributed by atoms with Gasteiger partial charge in [-0.15, -0.1) is 13.2 Å². The standard InChI is InChI=1S/C40H46F5N7O10/c1-20-13-30-38(58)61-22(3)32(37(57)50-10-4-5-29(50)36(56)51-11-12-60-19-31(51)34(54)46-21(2)35(55)52(30)18-20)49-33(53)28(16-23-14-24(41)17-25(42)15-23)48-39(59)47-26-6-8-27(9-7-26)62-40(43,44)45/h6-9,14-15,17,20-22,28-32H,4-5,10-13,16,18-19H2,1-3H3,(H,46,54)(H,49,53)(H2,47,48,59). The second kappa shape index (κ2) is 18.9. The van der Waals surface area contributed by atoms with Gasteiger partial charge in [-0.1, -0.05) is 6.92 Å². The van der Waals surface area contributed by atoms with Gasteiger partial charge in [0.15, 0.2) is 0 Å². The maximum atomic E-state index is 14.7. The molecule has 4 aliphatic rings. The fraction of sp³-hybridized carbons (Fsp3) is 0.525. The van der Waals surface area contributed by atoms with Crippen LogP contribution in [0.2, 0.25) is 0 Å². The molecule has 4 N–H and O–H groups in total. The molecule has 22 heteroatoms. The minimum absolute atomic E-state index is 0.0146. The fourth-order valence-electron chi connectivity index (χ4n) is 8.08. The Morgan fingerprint density at radius 2 is 1.56 bits per heavy atom. The van der Waals surface area contributed by atoms with E-state index < -0.39 is 114 Å². The molecule has 0 aliphatic carbocycles. The van der Waals surface area contributed by atoms with E-state index in [-0.39, 0.29) is 62.9 Å². The van der Waals surface area contributed by atoms with Gasteiger partial charge in [0.1, 0.15) is 59.7 Å². The van der Waals surface area contributed by atoms with Crippen molar-refractivity contribution in [1.82, 2.24) is 30.7 Å². The first-order chi connectivity index (χ1) is 29.3. The predicted octanol–water partition coefficient (Wildman–Crippen LogP) is 1.99. The molecule has 7 amide bonds. The Kier molecular flexibility index (Phi) is 13.9. The van der Waals surface area contributed by atoms with Crippen LogP contribution in [0.5, 0.6) is 5.75 Å². The highest BCUT2D eigenvalue weighted by Gasteiger charge is 2.47. The molecule has 8 unspecified atom stereocenters. The number of urea groups is 1. The van der Waals surface area contributed by atoms with Gasteiger partial charge in [0.25, 0.3) is 0 Å². The van der Waals surface area contributed by atoms with Crippen molar-refractivity contribution >= 4 is 47.2 Å². The smallest absolute Gasteiger partial charge is 0.458 e. The number of alkyl halides is 3. The highest BCUT2D eigenvalue weighted by molar-refractivity contribution is 5.99. The van der Waals surface area contributed by atoms with E-state index in [0.29, 0.717) is 12.5 Å². The van der Waals surface area contributed by atoms with Gasteiger partial charge >= 0.3 is 18.4 Å². The monoisotopic (exact) mass is 879 g/mol. The lowest BCUT2D eigenvalue weighted by atomic mass is 10.0. The Balaban J connectivity index is 1.32. The van der Waals surface area contributed by atoms with Gasteiger partial charge in [0, 0.05) is 37.8 Å². The molecule has 6 rings (SSSR count). The molecule has 2 aromatic carbocycles. The first-order valence-corrected chi connectivity index (χ1v) is 20.0. The van der Waals surface area contributed by atoms with Gasteiger partial charge in [-0.3, -0.25) is 24.0 Å². The van der Waals surface area contributed by atoms with Gasteiger partial charge in [-0.05, 0) is 81.0 Å². The number of amides is 7. The number of rotatable bonds is 7. The van der Waals surface area contributed by atoms with E-state index in [4.69, 9.17) is 9.47 Å². The number of nitrogens with zero attached hydrogens (tertiary/aromatic N) is 3. The molecular formula is C40H46F5N7O10. The zero-order valence-corrected chi connectivity index (χ0v) is 33.8. The number of cyclic esters (lactones) is 1. The van der Waals surface area contributed by atoms with Crippen molar-refractivity contribution in [3.05, 3.63) is 59.7 Å². The van der Waals surface area contributed by atoms with Gasteiger partial charge in [0.2, 0.25) is 29.5 Å². The third kappa shape index (κ3) is 10.9. The summed E-state index contributed by atoms with van der Waals surface area (Å²) in [7, 11) is 0. The van der Waals surface area contributed by atoms with Gasteiger partial charge in [0.05, 0.1) is 13.2 Å². The average Bonchev–Trinajstić information content (AvgIpc) is 3.85. The maximum absolute atomic E-state index is 14.7. The predicted molar refractivity (Wildman–Crippen MR) is 205 cm³/mol. The molecule has 2 aromatic rings. The molecule has 336 valence electrons. The number of hydrogen-bond donors (Lipinski definition) is 4. The Bertz CT molecular complexity index is 2040. The van der Waals surface area contributed by atoms with E-state index in [1.807, 2.05) is 0 Å². The van der Waals surface area contributed by atoms with E-state index in [1.54, 1.807) is 6.92 Å². The van der Waals surface area contributed by atoms with Gasteiger partial charge in [-0.2, -0.15) is 0 Å². The number of hydrogen-bond acceptors (Lipinski definition) is 10. The third-order valence-electron chi connectivity index (χ3n) is 11.0. The Hall–Kier alpha value is -6.06. The van der Waals surface area contributed by atoms with Crippen LogP contribution in [-0.2, 0) is 44.7 Å². The third-order valence-corrected chi connectivity index (χ3v) is 11.0. The lowest BCUT2D eigenvalue weighted by Crippen LogP contribution is -2.64. The van der Waals surface area contributed by atoms with Gasteiger partial charge < -0.3 is 50.2 Å². The molecule has 0 radical (unpaired) electrons. The topological polar surface area (TPSA) is 205 Å². The van der Waals surface area contributed by atoms with Crippen molar-refractivity contribution in [1.29, 1.82) is 0 Å². The van der Waals surface area contributed by atoms with Crippen LogP contribution in [0.25, 0.3) is 0 Å². The zero-order valence-electron chi connectivity index (χ0n) is 33.8. The largest absolute Gasteiger partial charge is 0.573 e. The number of carbonyl (C=O) groups is 7. The Labute approximate surface area is 351 Å². The molecule has 4 fully saturated rings. The number of benzene rings is 2. The SMILES string of the molecule is CC1CC2C(=O)OC(C)C(NC(=O)C(Cc3cc(F)cc(F)c3)NC(=O)Nc3ccc(OC(F)(F)F)cc3)C(=O)N3CCCC3C(=O)N3CCOCC3C(=O)NC(C)C(=O)N2C1. The van der Waals surface area contributed by atoms with Crippen molar-refractivity contribution < 1.29 is 69.7 Å². The molecule has 0 aromatic heterocycles. The fourth-order valence-corrected chi connectivity index (χ4v) is 8.08. The molecule has 4 aliphatic heterocycles.